The molecule has 124 valence electrons. The van der Waals surface area contributed by atoms with Gasteiger partial charge in [0.25, 0.3) is 0 Å². The van der Waals surface area contributed by atoms with Crippen molar-refractivity contribution in [2.75, 3.05) is 0 Å². The molecular weight excluding hydrogens is 312 g/mol. The molecule has 0 saturated carbocycles. The van der Waals surface area contributed by atoms with Gasteiger partial charge in [-0.2, -0.15) is 5.26 Å². The molecule has 3 aromatic rings. The van der Waals surface area contributed by atoms with Crippen LogP contribution >= 0.6 is 0 Å². The Morgan fingerprint density at radius 3 is 2.00 bits per heavy atom. The molecule has 0 aliphatic heterocycles. The second-order valence-electron chi connectivity index (χ2n) is 5.59. The molecule has 25 heavy (non-hydrogen) atoms. The highest BCUT2D eigenvalue weighted by Crippen LogP contribution is 2.30. The Morgan fingerprint density at radius 1 is 0.880 bits per heavy atom. The fourth-order valence-electron chi connectivity index (χ4n) is 2.43. The summed E-state index contributed by atoms with van der Waals surface area (Å²) in [6, 6.07) is 21.8. The normalized spacial score (nSPS) is 10.1. The standard InChI is InChI=1S/C21H18N2O2/c1-16-20(24-14-17-8-4-2-5-9-17)13-23-19(12-22)21(16)25-15-18-10-6-3-7-11-18/h2-11,13H,14-15H2,1H3. The van der Waals surface area contributed by atoms with Crippen molar-refractivity contribution in [1.29, 1.82) is 5.26 Å². The number of nitriles is 1. The number of aromatic nitrogens is 1. The highest BCUT2D eigenvalue weighted by atomic mass is 16.5. The smallest absolute Gasteiger partial charge is 0.183 e. The van der Waals surface area contributed by atoms with Gasteiger partial charge in [-0.15, -0.1) is 0 Å². The Balaban J connectivity index is 1.78. The van der Waals surface area contributed by atoms with Crippen LogP contribution in [0, 0.1) is 18.3 Å². The third kappa shape index (κ3) is 4.15. The number of ether oxygens (including phenoxy) is 2. The van der Waals surface area contributed by atoms with Crippen LogP contribution in [0.25, 0.3) is 0 Å². The molecular formula is C21H18N2O2. The van der Waals surface area contributed by atoms with Crippen LogP contribution in [0.5, 0.6) is 11.5 Å². The molecule has 0 aliphatic rings. The maximum absolute atomic E-state index is 9.31. The number of rotatable bonds is 6. The number of nitrogens with zero attached hydrogens (tertiary/aromatic N) is 2. The molecule has 0 radical (unpaired) electrons. The number of pyridine rings is 1. The average molecular weight is 330 g/mol. The molecule has 3 rings (SSSR count). The van der Waals surface area contributed by atoms with Gasteiger partial charge >= 0.3 is 0 Å². The predicted molar refractivity (Wildman–Crippen MR) is 95.2 cm³/mol. The lowest BCUT2D eigenvalue weighted by molar-refractivity contribution is 0.283. The monoisotopic (exact) mass is 330 g/mol. The Bertz CT molecular complexity index is 872. The zero-order valence-electron chi connectivity index (χ0n) is 14.0. The van der Waals surface area contributed by atoms with Gasteiger partial charge in [-0.3, -0.25) is 0 Å². The Labute approximate surface area is 147 Å². The summed E-state index contributed by atoms with van der Waals surface area (Å²) in [5.74, 6) is 1.09. The molecule has 0 unspecified atom stereocenters. The van der Waals surface area contributed by atoms with E-state index in [4.69, 9.17) is 9.47 Å². The summed E-state index contributed by atoms with van der Waals surface area (Å²) in [5, 5.41) is 9.31. The minimum atomic E-state index is 0.264. The summed E-state index contributed by atoms with van der Waals surface area (Å²) in [7, 11) is 0. The number of hydrogen-bond donors (Lipinski definition) is 0. The van der Waals surface area contributed by atoms with Crippen molar-refractivity contribution in [3.63, 3.8) is 0 Å². The van der Waals surface area contributed by atoms with E-state index in [1.165, 1.54) is 0 Å². The van der Waals surface area contributed by atoms with Gasteiger partial charge in [0, 0.05) is 5.56 Å². The van der Waals surface area contributed by atoms with Gasteiger partial charge in [0.05, 0.1) is 6.20 Å². The Hall–Kier alpha value is -3.32. The topological polar surface area (TPSA) is 55.1 Å². The van der Waals surface area contributed by atoms with E-state index in [1.54, 1.807) is 6.20 Å². The summed E-state index contributed by atoms with van der Waals surface area (Å²) in [6.45, 7) is 2.69. The molecule has 1 heterocycles. The highest BCUT2D eigenvalue weighted by Gasteiger charge is 2.14. The first-order chi connectivity index (χ1) is 12.3. The molecule has 1 aromatic heterocycles. The SMILES string of the molecule is Cc1c(OCc2ccccc2)cnc(C#N)c1OCc1ccccc1. The quantitative estimate of drug-likeness (QED) is 0.671. The fourth-order valence-corrected chi connectivity index (χ4v) is 2.43. The minimum Gasteiger partial charge on any atom is -0.487 e. The maximum atomic E-state index is 9.31. The first-order valence-electron chi connectivity index (χ1n) is 8.01. The van der Waals surface area contributed by atoms with Crippen molar-refractivity contribution in [1.82, 2.24) is 4.98 Å². The Kier molecular flexibility index (Phi) is 5.28. The van der Waals surface area contributed by atoms with Gasteiger partial charge in [-0.05, 0) is 18.1 Å². The Morgan fingerprint density at radius 2 is 1.44 bits per heavy atom. The van der Waals surface area contributed by atoms with Crippen LogP contribution in [-0.2, 0) is 13.2 Å². The van der Waals surface area contributed by atoms with E-state index in [2.05, 4.69) is 11.1 Å². The molecule has 2 aromatic carbocycles. The third-order valence-electron chi connectivity index (χ3n) is 3.81. The third-order valence-corrected chi connectivity index (χ3v) is 3.81. The second kappa shape index (κ2) is 7.98. The molecule has 4 heteroatoms. The fraction of sp³-hybridized carbons (Fsp3) is 0.143. The van der Waals surface area contributed by atoms with E-state index in [-0.39, 0.29) is 5.69 Å². The number of benzene rings is 2. The van der Waals surface area contributed by atoms with Crippen molar-refractivity contribution in [3.05, 3.63) is 89.2 Å². The lowest BCUT2D eigenvalue weighted by Gasteiger charge is -2.14. The van der Waals surface area contributed by atoms with E-state index in [0.29, 0.717) is 24.7 Å². The maximum Gasteiger partial charge on any atom is 0.183 e. The molecule has 4 nitrogen and oxygen atoms in total. The molecule has 0 aliphatic carbocycles. The summed E-state index contributed by atoms with van der Waals surface area (Å²) in [5.41, 5.74) is 3.14. The molecule has 0 bridgehead atoms. The van der Waals surface area contributed by atoms with Crippen molar-refractivity contribution in [2.24, 2.45) is 0 Å². The van der Waals surface area contributed by atoms with Crippen LogP contribution in [0.4, 0.5) is 0 Å². The summed E-state index contributed by atoms with van der Waals surface area (Å²) in [6.07, 6.45) is 1.58. The minimum absolute atomic E-state index is 0.264. The van der Waals surface area contributed by atoms with Crippen molar-refractivity contribution in [3.8, 4) is 17.6 Å². The van der Waals surface area contributed by atoms with Crippen LogP contribution in [-0.4, -0.2) is 4.98 Å². The van der Waals surface area contributed by atoms with E-state index in [0.717, 1.165) is 16.7 Å². The molecule has 0 fully saturated rings. The van der Waals surface area contributed by atoms with Gasteiger partial charge in [-0.1, -0.05) is 60.7 Å². The lowest BCUT2D eigenvalue weighted by atomic mass is 10.2. The van der Waals surface area contributed by atoms with Gasteiger partial charge in [0.15, 0.2) is 11.4 Å². The second-order valence-corrected chi connectivity index (χ2v) is 5.59. The van der Waals surface area contributed by atoms with E-state index in [1.807, 2.05) is 67.6 Å². The predicted octanol–water partition coefficient (Wildman–Crippen LogP) is 4.42. The largest absolute Gasteiger partial charge is 0.487 e. The summed E-state index contributed by atoms with van der Waals surface area (Å²) in [4.78, 5) is 4.17. The van der Waals surface area contributed by atoms with Crippen LogP contribution in [0.1, 0.15) is 22.4 Å². The van der Waals surface area contributed by atoms with E-state index in [9.17, 15) is 5.26 Å². The molecule has 0 amide bonds. The van der Waals surface area contributed by atoms with Crippen molar-refractivity contribution < 1.29 is 9.47 Å². The molecule has 0 spiro atoms. The highest BCUT2D eigenvalue weighted by molar-refractivity contribution is 5.49. The number of hydrogen-bond acceptors (Lipinski definition) is 4. The van der Waals surface area contributed by atoms with E-state index >= 15 is 0 Å². The van der Waals surface area contributed by atoms with Crippen LogP contribution < -0.4 is 9.47 Å². The summed E-state index contributed by atoms with van der Waals surface area (Å²) >= 11 is 0. The van der Waals surface area contributed by atoms with Crippen molar-refractivity contribution in [2.45, 2.75) is 20.1 Å². The van der Waals surface area contributed by atoms with E-state index < -0.39 is 0 Å². The average Bonchev–Trinajstić information content (AvgIpc) is 2.67. The van der Waals surface area contributed by atoms with Crippen LogP contribution in [0.15, 0.2) is 66.9 Å². The van der Waals surface area contributed by atoms with Crippen molar-refractivity contribution >= 4 is 0 Å². The first kappa shape index (κ1) is 16.5. The van der Waals surface area contributed by atoms with Crippen LogP contribution in [0.3, 0.4) is 0 Å². The molecule has 0 N–H and O–H groups in total. The van der Waals surface area contributed by atoms with Gasteiger partial charge < -0.3 is 9.47 Å². The van der Waals surface area contributed by atoms with Gasteiger partial charge in [0.1, 0.15) is 25.0 Å². The van der Waals surface area contributed by atoms with Gasteiger partial charge in [0.2, 0.25) is 0 Å². The summed E-state index contributed by atoms with van der Waals surface area (Å²) < 4.78 is 11.7. The molecule has 0 atom stereocenters. The zero-order chi connectivity index (χ0) is 17.5. The first-order valence-corrected chi connectivity index (χ1v) is 8.01. The zero-order valence-corrected chi connectivity index (χ0v) is 14.0. The van der Waals surface area contributed by atoms with Crippen LogP contribution in [0.2, 0.25) is 0 Å². The lowest BCUT2D eigenvalue weighted by Crippen LogP contribution is -2.04. The van der Waals surface area contributed by atoms with Gasteiger partial charge in [-0.25, -0.2) is 4.98 Å². The molecule has 0 saturated heterocycles.